The summed E-state index contributed by atoms with van der Waals surface area (Å²) in [6.45, 7) is 16.8. The Balaban J connectivity index is -0.00000198. The third-order valence-electron chi connectivity index (χ3n) is 4.30. The van der Waals surface area contributed by atoms with E-state index in [9.17, 15) is 9.59 Å². The molecule has 0 fully saturated rings. The Labute approximate surface area is 198 Å². The number of esters is 2. The van der Waals surface area contributed by atoms with E-state index in [-0.39, 0.29) is 11.9 Å². The van der Waals surface area contributed by atoms with Crippen molar-refractivity contribution in [3.05, 3.63) is 0 Å². The Bertz CT molecular complexity index is 393. The highest BCUT2D eigenvalue weighted by molar-refractivity contribution is 5.69. The first kappa shape index (κ1) is 35.4. The molecule has 0 spiro atoms. The zero-order valence-electron chi connectivity index (χ0n) is 22.5. The number of unbranched alkanes of at least 4 members (excludes halogenated alkanes) is 3. The maximum absolute atomic E-state index is 11.7. The smallest absolute Gasteiger partial charge is 0.307 e. The van der Waals surface area contributed by atoms with Gasteiger partial charge in [-0.3, -0.25) is 9.59 Å². The minimum atomic E-state index is -0.151. The molecule has 0 saturated carbocycles. The number of likely N-dealkylation sites (N-methyl/N-ethyl adjacent to an activating group) is 2. The van der Waals surface area contributed by atoms with Crippen molar-refractivity contribution in [3.63, 3.8) is 0 Å². The van der Waals surface area contributed by atoms with E-state index in [1.807, 2.05) is 41.8 Å². The molecule has 0 unspecified atom stereocenters. The van der Waals surface area contributed by atoms with Crippen molar-refractivity contribution in [2.75, 3.05) is 60.2 Å². The van der Waals surface area contributed by atoms with Gasteiger partial charge in [-0.2, -0.15) is 0 Å². The second-order valence-corrected chi connectivity index (χ2v) is 7.56. The fraction of sp³-hybridized carbons (Fsp3) is 0.920. The van der Waals surface area contributed by atoms with Crippen LogP contribution >= 0.6 is 0 Å². The van der Waals surface area contributed by atoms with Gasteiger partial charge in [0.2, 0.25) is 0 Å². The van der Waals surface area contributed by atoms with Crippen LogP contribution in [0.1, 0.15) is 86.5 Å². The van der Waals surface area contributed by atoms with E-state index < -0.39 is 0 Å². The first-order valence-electron chi connectivity index (χ1n) is 12.7. The van der Waals surface area contributed by atoms with Crippen molar-refractivity contribution < 1.29 is 23.8 Å². The molecule has 7 nitrogen and oxygen atoms in total. The van der Waals surface area contributed by atoms with Gasteiger partial charge in [0, 0.05) is 26.1 Å². The van der Waals surface area contributed by atoms with Crippen LogP contribution in [0.25, 0.3) is 0 Å². The summed E-state index contributed by atoms with van der Waals surface area (Å²) in [5, 5.41) is 3.03. The summed E-state index contributed by atoms with van der Waals surface area (Å²) >= 11 is 0. The monoisotopic (exact) mass is 462 g/mol. The fourth-order valence-electron chi connectivity index (χ4n) is 2.37. The molecule has 0 bridgehead atoms. The number of hydrogen-bond donors (Lipinski definition) is 1. The molecule has 0 heterocycles. The molecule has 1 N–H and O–H groups in total. The Morgan fingerprint density at radius 1 is 0.781 bits per heavy atom. The van der Waals surface area contributed by atoms with E-state index in [4.69, 9.17) is 14.2 Å². The van der Waals surface area contributed by atoms with Gasteiger partial charge in [0.1, 0.15) is 0 Å². The second-order valence-electron chi connectivity index (χ2n) is 7.56. The highest BCUT2D eigenvalue weighted by Gasteiger charge is 2.06. The largest absolute Gasteiger partial charge is 0.466 e. The van der Waals surface area contributed by atoms with Crippen LogP contribution < -0.4 is 5.32 Å². The molecular weight excluding hydrogens is 408 g/mol. The first-order chi connectivity index (χ1) is 15.5. The SMILES string of the molecule is CC.CC.CNCCOCCN(C)CCC(=O)OCCCCCCOC(=O)CCC(C)C. The molecule has 194 valence electrons. The fourth-order valence-corrected chi connectivity index (χ4v) is 2.37. The number of rotatable bonds is 19. The highest BCUT2D eigenvalue weighted by atomic mass is 16.5. The van der Waals surface area contributed by atoms with Crippen molar-refractivity contribution in [1.29, 1.82) is 0 Å². The Morgan fingerprint density at radius 3 is 1.81 bits per heavy atom. The quantitative estimate of drug-likeness (QED) is 0.221. The number of hydrogen-bond acceptors (Lipinski definition) is 7. The van der Waals surface area contributed by atoms with Crippen molar-refractivity contribution in [2.24, 2.45) is 5.92 Å². The molecular formula is C25H54N2O5. The van der Waals surface area contributed by atoms with Crippen LogP contribution in [0.3, 0.4) is 0 Å². The molecule has 7 heteroatoms. The van der Waals surface area contributed by atoms with Gasteiger partial charge in [-0.15, -0.1) is 0 Å². The summed E-state index contributed by atoms with van der Waals surface area (Å²) in [5.41, 5.74) is 0. The number of carbonyl (C=O) groups is 2. The molecule has 0 aliphatic rings. The summed E-state index contributed by atoms with van der Waals surface area (Å²) in [7, 11) is 3.87. The topological polar surface area (TPSA) is 77.1 Å². The molecule has 0 aliphatic heterocycles. The zero-order chi connectivity index (χ0) is 25.0. The Kier molecular flexibility index (Phi) is 33.0. The van der Waals surface area contributed by atoms with Crippen molar-refractivity contribution >= 4 is 11.9 Å². The van der Waals surface area contributed by atoms with Gasteiger partial charge in [0.25, 0.3) is 0 Å². The Morgan fingerprint density at radius 2 is 1.31 bits per heavy atom. The molecule has 0 rings (SSSR count). The zero-order valence-corrected chi connectivity index (χ0v) is 22.5. The van der Waals surface area contributed by atoms with Crippen LogP contribution in [-0.2, 0) is 23.8 Å². The number of nitrogens with zero attached hydrogens (tertiary/aromatic N) is 1. The van der Waals surface area contributed by atoms with E-state index in [2.05, 4.69) is 24.1 Å². The van der Waals surface area contributed by atoms with Gasteiger partial charge in [0.15, 0.2) is 0 Å². The predicted octanol–water partition coefficient (Wildman–Crippen LogP) is 4.68. The van der Waals surface area contributed by atoms with Crippen molar-refractivity contribution in [3.8, 4) is 0 Å². The summed E-state index contributed by atoms with van der Waals surface area (Å²) in [5.74, 6) is 0.275. The van der Waals surface area contributed by atoms with Crippen LogP contribution in [0, 0.1) is 5.92 Å². The van der Waals surface area contributed by atoms with Crippen LogP contribution in [0.4, 0.5) is 0 Å². The summed E-state index contributed by atoms with van der Waals surface area (Å²) in [6, 6.07) is 0. The number of carbonyl (C=O) groups excluding carboxylic acids is 2. The minimum Gasteiger partial charge on any atom is -0.466 e. The predicted molar refractivity (Wildman–Crippen MR) is 134 cm³/mol. The maximum Gasteiger partial charge on any atom is 0.307 e. The molecule has 0 atom stereocenters. The van der Waals surface area contributed by atoms with Gasteiger partial charge in [-0.25, -0.2) is 0 Å². The lowest BCUT2D eigenvalue weighted by Gasteiger charge is -2.16. The number of nitrogens with one attached hydrogen (secondary N) is 1. The maximum atomic E-state index is 11.7. The van der Waals surface area contributed by atoms with Crippen LogP contribution in [0.5, 0.6) is 0 Å². The Hall–Kier alpha value is -1.18. The lowest BCUT2D eigenvalue weighted by atomic mass is 10.1. The van der Waals surface area contributed by atoms with Crippen LogP contribution in [0.15, 0.2) is 0 Å². The van der Waals surface area contributed by atoms with Crippen molar-refractivity contribution in [1.82, 2.24) is 10.2 Å². The third kappa shape index (κ3) is 31.0. The second kappa shape index (κ2) is 29.8. The van der Waals surface area contributed by atoms with Crippen LogP contribution in [-0.4, -0.2) is 77.0 Å². The molecule has 0 aromatic carbocycles. The minimum absolute atomic E-state index is 0.0999. The molecule has 32 heavy (non-hydrogen) atoms. The van der Waals surface area contributed by atoms with Gasteiger partial charge >= 0.3 is 11.9 Å². The first-order valence-corrected chi connectivity index (χ1v) is 12.7. The normalized spacial score (nSPS) is 10.2. The van der Waals surface area contributed by atoms with E-state index in [1.165, 1.54) is 0 Å². The molecule has 0 amide bonds. The third-order valence-corrected chi connectivity index (χ3v) is 4.30. The van der Waals surface area contributed by atoms with E-state index >= 15 is 0 Å². The molecule has 0 radical (unpaired) electrons. The average Bonchev–Trinajstić information content (AvgIpc) is 2.80. The van der Waals surface area contributed by atoms with Crippen LogP contribution in [0.2, 0.25) is 0 Å². The standard InChI is InChI=1S/C21H42N2O5.2C2H6/c1-19(2)9-10-20(24)27-15-7-5-6-8-16-28-21(25)11-13-23(4)14-18-26-17-12-22-3;2*1-2/h19,22H,5-18H2,1-4H3;2*1-2H3. The molecule has 0 aromatic rings. The lowest BCUT2D eigenvalue weighted by Crippen LogP contribution is -2.27. The van der Waals surface area contributed by atoms with Gasteiger partial charge in [-0.1, -0.05) is 41.5 Å². The summed E-state index contributed by atoms with van der Waals surface area (Å²) in [4.78, 5) is 25.3. The van der Waals surface area contributed by atoms with E-state index in [1.54, 1.807) is 0 Å². The highest BCUT2D eigenvalue weighted by Crippen LogP contribution is 2.06. The van der Waals surface area contributed by atoms with Crippen molar-refractivity contribution in [2.45, 2.75) is 86.5 Å². The summed E-state index contributed by atoms with van der Waals surface area (Å²) < 4.78 is 15.9. The van der Waals surface area contributed by atoms with E-state index in [0.29, 0.717) is 51.7 Å². The molecule has 0 aliphatic carbocycles. The molecule has 0 aromatic heterocycles. The van der Waals surface area contributed by atoms with E-state index in [0.717, 1.165) is 45.2 Å². The van der Waals surface area contributed by atoms with Gasteiger partial charge in [-0.05, 0) is 52.1 Å². The number of ether oxygens (including phenoxy) is 3. The lowest BCUT2D eigenvalue weighted by molar-refractivity contribution is -0.145. The van der Waals surface area contributed by atoms with Gasteiger partial charge in [0.05, 0.1) is 32.8 Å². The van der Waals surface area contributed by atoms with Gasteiger partial charge < -0.3 is 24.4 Å². The summed E-state index contributed by atoms with van der Waals surface area (Å²) in [6.07, 6.45) is 5.45. The average molecular weight is 463 g/mol. The molecule has 0 saturated heterocycles.